The Kier molecular flexibility index (Phi) is 2.54. The SMILES string of the molecule is O=C1CCC(F)(N2C(=O)c3cncnc3C2O)C(=O)N1. The smallest absolute Gasteiger partial charge is 0.285 e. The Morgan fingerprint density at radius 3 is 2.85 bits per heavy atom. The van der Waals surface area contributed by atoms with Crippen LogP contribution in [0.25, 0.3) is 0 Å². The minimum Gasteiger partial charge on any atom is -0.368 e. The number of imide groups is 1. The molecule has 0 radical (unpaired) electrons. The lowest BCUT2D eigenvalue weighted by molar-refractivity contribution is -0.165. The van der Waals surface area contributed by atoms with Crippen molar-refractivity contribution in [2.75, 3.05) is 0 Å². The molecule has 3 rings (SSSR count). The number of nitrogens with zero attached hydrogens (tertiary/aromatic N) is 3. The van der Waals surface area contributed by atoms with Gasteiger partial charge in [0.05, 0.1) is 5.56 Å². The molecule has 20 heavy (non-hydrogen) atoms. The Hall–Kier alpha value is -2.42. The van der Waals surface area contributed by atoms with Crippen molar-refractivity contribution in [2.24, 2.45) is 0 Å². The zero-order valence-corrected chi connectivity index (χ0v) is 10.0. The summed E-state index contributed by atoms with van der Waals surface area (Å²) < 4.78 is 14.8. The van der Waals surface area contributed by atoms with Crippen LogP contribution in [-0.2, 0) is 9.59 Å². The van der Waals surface area contributed by atoms with E-state index in [1.807, 2.05) is 5.32 Å². The first-order chi connectivity index (χ1) is 9.45. The van der Waals surface area contributed by atoms with Crippen molar-refractivity contribution in [1.82, 2.24) is 20.2 Å². The maximum atomic E-state index is 14.8. The van der Waals surface area contributed by atoms with Crippen molar-refractivity contribution in [1.29, 1.82) is 0 Å². The van der Waals surface area contributed by atoms with Gasteiger partial charge in [-0.1, -0.05) is 0 Å². The van der Waals surface area contributed by atoms with Gasteiger partial charge < -0.3 is 5.11 Å². The van der Waals surface area contributed by atoms with Gasteiger partial charge >= 0.3 is 0 Å². The summed E-state index contributed by atoms with van der Waals surface area (Å²) in [5, 5.41) is 11.8. The van der Waals surface area contributed by atoms with Crippen molar-refractivity contribution < 1.29 is 23.9 Å². The molecule has 1 aromatic heterocycles. The van der Waals surface area contributed by atoms with Crippen LogP contribution in [0.1, 0.15) is 35.1 Å². The van der Waals surface area contributed by atoms with E-state index < -0.39 is 36.2 Å². The molecule has 1 fully saturated rings. The Morgan fingerprint density at radius 2 is 2.20 bits per heavy atom. The van der Waals surface area contributed by atoms with E-state index in [4.69, 9.17) is 0 Å². The van der Waals surface area contributed by atoms with E-state index in [-0.39, 0.29) is 17.7 Å². The zero-order valence-electron chi connectivity index (χ0n) is 10.0. The first-order valence-corrected chi connectivity index (χ1v) is 5.80. The standard InChI is InChI=1S/C11H9FN4O4/c12-11(2-1-6(17)15-10(11)20)16-8(18)5-3-13-4-14-7(5)9(16)19/h3-4,9,19H,1-2H2,(H,15,17,20). The summed E-state index contributed by atoms with van der Waals surface area (Å²) in [4.78, 5) is 42.6. The number of carbonyl (C=O) groups excluding carboxylic acids is 3. The van der Waals surface area contributed by atoms with Gasteiger partial charge in [-0.2, -0.15) is 0 Å². The predicted octanol–water partition coefficient (Wildman–Crippen LogP) is -0.974. The molecule has 1 saturated heterocycles. The van der Waals surface area contributed by atoms with E-state index in [9.17, 15) is 23.9 Å². The van der Waals surface area contributed by atoms with Crippen LogP contribution in [0.15, 0.2) is 12.5 Å². The molecule has 3 heterocycles. The largest absolute Gasteiger partial charge is 0.368 e. The average molecular weight is 280 g/mol. The van der Waals surface area contributed by atoms with Crippen LogP contribution in [0.2, 0.25) is 0 Å². The first kappa shape index (κ1) is 12.6. The topological polar surface area (TPSA) is 112 Å². The molecular formula is C11H9FN4O4. The average Bonchev–Trinajstić information content (AvgIpc) is 2.68. The van der Waals surface area contributed by atoms with Crippen LogP contribution >= 0.6 is 0 Å². The Bertz CT molecular complexity index is 637. The van der Waals surface area contributed by atoms with Crippen LogP contribution in [0.3, 0.4) is 0 Å². The molecule has 0 spiro atoms. The Morgan fingerprint density at radius 1 is 1.45 bits per heavy atom. The summed E-state index contributed by atoms with van der Waals surface area (Å²) in [6.07, 6.45) is -0.218. The van der Waals surface area contributed by atoms with Gasteiger partial charge in [-0.25, -0.2) is 14.4 Å². The van der Waals surface area contributed by atoms with Gasteiger partial charge in [-0.3, -0.25) is 24.6 Å². The van der Waals surface area contributed by atoms with Crippen molar-refractivity contribution in [2.45, 2.75) is 24.9 Å². The number of hydrogen-bond donors (Lipinski definition) is 2. The highest BCUT2D eigenvalue weighted by molar-refractivity contribution is 6.06. The predicted molar refractivity (Wildman–Crippen MR) is 59.4 cm³/mol. The van der Waals surface area contributed by atoms with Crippen molar-refractivity contribution >= 4 is 17.7 Å². The van der Waals surface area contributed by atoms with Crippen LogP contribution in [-0.4, -0.2) is 43.5 Å². The van der Waals surface area contributed by atoms with Crippen LogP contribution in [0.4, 0.5) is 4.39 Å². The highest BCUT2D eigenvalue weighted by atomic mass is 19.1. The number of aromatic nitrogens is 2. The lowest BCUT2D eigenvalue weighted by Gasteiger charge is -2.37. The highest BCUT2D eigenvalue weighted by Gasteiger charge is 2.56. The summed E-state index contributed by atoms with van der Waals surface area (Å²) in [5.74, 6) is -5.56. The van der Waals surface area contributed by atoms with E-state index in [2.05, 4.69) is 9.97 Å². The maximum absolute atomic E-state index is 14.8. The number of halogens is 1. The van der Waals surface area contributed by atoms with E-state index >= 15 is 0 Å². The minimum absolute atomic E-state index is 0.0632. The summed E-state index contributed by atoms with van der Waals surface area (Å²) in [5.41, 5.74) is -0.131. The number of alkyl halides is 1. The summed E-state index contributed by atoms with van der Waals surface area (Å²) in [6.45, 7) is 0. The molecule has 1 aromatic rings. The second kappa shape index (κ2) is 4.04. The molecular weight excluding hydrogens is 271 g/mol. The summed E-state index contributed by atoms with van der Waals surface area (Å²) >= 11 is 0. The molecule has 0 bridgehead atoms. The fraction of sp³-hybridized carbons (Fsp3) is 0.364. The van der Waals surface area contributed by atoms with Gasteiger partial charge in [0.25, 0.3) is 17.6 Å². The molecule has 8 nitrogen and oxygen atoms in total. The fourth-order valence-corrected chi connectivity index (χ4v) is 2.33. The molecule has 2 unspecified atom stereocenters. The van der Waals surface area contributed by atoms with Gasteiger partial charge in [0.1, 0.15) is 12.0 Å². The highest BCUT2D eigenvalue weighted by Crippen LogP contribution is 2.39. The third-order valence-corrected chi connectivity index (χ3v) is 3.35. The van der Waals surface area contributed by atoms with E-state index in [0.29, 0.717) is 4.90 Å². The number of aliphatic hydroxyl groups is 1. The monoisotopic (exact) mass is 280 g/mol. The third kappa shape index (κ3) is 1.53. The summed E-state index contributed by atoms with van der Waals surface area (Å²) in [7, 11) is 0. The first-order valence-electron chi connectivity index (χ1n) is 5.80. The van der Waals surface area contributed by atoms with E-state index in [1.165, 1.54) is 0 Å². The third-order valence-electron chi connectivity index (χ3n) is 3.35. The number of piperidine rings is 1. The van der Waals surface area contributed by atoms with Crippen molar-refractivity contribution in [3.63, 3.8) is 0 Å². The number of aliphatic hydroxyl groups excluding tert-OH is 1. The molecule has 0 saturated carbocycles. The number of carbonyl (C=O) groups is 3. The zero-order chi connectivity index (χ0) is 14.5. The van der Waals surface area contributed by atoms with Gasteiger partial charge in [0.2, 0.25) is 5.91 Å². The molecule has 2 aliphatic heterocycles. The number of nitrogens with one attached hydrogen (secondary N) is 1. The fourth-order valence-electron chi connectivity index (χ4n) is 2.33. The number of fused-ring (bicyclic) bond motifs is 1. The van der Waals surface area contributed by atoms with E-state index in [1.54, 1.807) is 0 Å². The summed E-state index contributed by atoms with van der Waals surface area (Å²) in [6, 6.07) is 0. The molecule has 2 N–H and O–H groups in total. The molecule has 2 atom stereocenters. The second-order valence-electron chi connectivity index (χ2n) is 4.51. The molecule has 104 valence electrons. The van der Waals surface area contributed by atoms with Gasteiger partial charge in [0.15, 0.2) is 6.23 Å². The number of rotatable bonds is 1. The lowest BCUT2D eigenvalue weighted by Crippen LogP contribution is -2.61. The number of amides is 3. The minimum atomic E-state index is -2.79. The molecule has 0 aliphatic carbocycles. The van der Waals surface area contributed by atoms with Crippen molar-refractivity contribution in [3.8, 4) is 0 Å². The Labute approximate surface area is 111 Å². The van der Waals surface area contributed by atoms with Crippen LogP contribution in [0, 0.1) is 0 Å². The lowest BCUT2D eigenvalue weighted by atomic mass is 10.0. The number of hydrogen-bond acceptors (Lipinski definition) is 6. The molecule has 9 heteroatoms. The van der Waals surface area contributed by atoms with Gasteiger partial charge in [-0.15, -0.1) is 0 Å². The van der Waals surface area contributed by atoms with E-state index in [0.717, 1.165) is 12.5 Å². The molecule has 2 aliphatic rings. The molecule has 3 amide bonds. The van der Waals surface area contributed by atoms with Crippen LogP contribution < -0.4 is 5.32 Å². The van der Waals surface area contributed by atoms with Gasteiger partial charge in [-0.05, 0) is 0 Å². The second-order valence-corrected chi connectivity index (χ2v) is 4.51. The van der Waals surface area contributed by atoms with Crippen LogP contribution in [0.5, 0.6) is 0 Å². The quantitative estimate of drug-likeness (QED) is 0.505. The Balaban J connectivity index is 2.02. The normalized spacial score (nSPS) is 29.4. The molecule has 0 aromatic carbocycles. The maximum Gasteiger partial charge on any atom is 0.285 e. The van der Waals surface area contributed by atoms with Gasteiger partial charge in [0, 0.05) is 19.0 Å². The van der Waals surface area contributed by atoms with Crippen molar-refractivity contribution in [3.05, 3.63) is 23.8 Å².